The molecule has 0 bridgehead atoms. The largest absolute Gasteiger partial charge is 0.437 e. The van der Waals surface area contributed by atoms with Gasteiger partial charge in [-0.2, -0.15) is 4.68 Å². The number of amides is 1. The topological polar surface area (TPSA) is 81.2 Å². The Labute approximate surface area is 133 Å². The molecular formula is C16H20N4O3. The van der Waals surface area contributed by atoms with Gasteiger partial charge in [0.2, 0.25) is 11.8 Å². The molecule has 1 aliphatic rings. The minimum absolute atomic E-state index is 0.0951. The fourth-order valence-electron chi connectivity index (χ4n) is 3.14. The highest BCUT2D eigenvalue weighted by Gasteiger charge is 2.29. The Morgan fingerprint density at radius 2 is 1.91 bits per heavy atom. The molecule has 0 aromatic carbocycles. The lowest BCUT2D eigenvalue weighted by Crippen LogP contribution is -2.49. The van der Waals surface area contributed by atoms with E-state index in [-0.39, 0.29) is 30.4 Å². The Kier molecular flexibility index (Phi) is 4.27. The van der Waals surface area contributed by atoms with Crippen LogP contribution in [-0.4, -0.2) is 37.7 Å². The predicted octanol–water partition coefficient (Wildman–Crippen LogP) is 1.69. The van der Waals surface area contributed by atoms with Crippen LogP contribution in [0.3, 0.4) is 0 Å². The lowest BCUT2D eigenvalue weighted by atomic mass is 9.97. The van der Waals surface area contributed by atoms with Crippen molar-refractivity contribution in [3.8, 4) is 11.5 Å². The maximum Gasteiger partial charge on any atom is 0.437 e. The summed E-state index contributed by atoms with van der Waals surface area (Å²) in [6.07, 6.45) is 6.30. The Balaban J connectivity index is 1.79. The van der Waals surface area contributed by atoms with E-state index in [4.69, 9.17) is 4.42 Å². The lowest BCUT2D eigenvalue weighted by molar-refractivity contribution is -0.138. The molecule has 2 aromatic heterocycles. The van der Waals surface area contributed by atoms with E-state index in [0.717, 1.165) is 23.9 Å². The number of carbonyl (C=O) groups excluding carboxylic acids is 1. The molecule has 0 spiro atoms. The first-order valence-corrected chi connectivity index (χ1v) is 7.86. The summed E-state index contributed by atoms with van der Waals surface area (Å²) in [5.41, 5.74) is 0.656. The summed E-state index contributed by atoms with van der Waals surface area (Å²) in [5.74, 6) is -0.520. The summed E-state index contributed by atoms with van der Waals surface area (Å²) >= 11 is 0. The van der Waals surface area contributed by atoms with Crippen LogP contribution in [0.25, 0.3) is 11.5 Å². The van der Waals surface area contributed by atoms with E-state index in [0.29, 0.717) is 5.56 Å². The molecule has 1 fully saturated rings. The monoisotopic (exact) mass is 316 g/mol. The number of hydrogen-bond donors (Lipinski definition) is 0. The second kappa shape index (κ2) is 6.36. The SMILES string of the molecule is C[C@@H]1CCC[C@@H](C)N1C(=O)Cn1nc(-c2ccncc2)oc1=O. The fraction of sp³-hybridized carbons (Fsp3) is 0.500. The second-order valence-electron chi connectivity index (χ2n) is 6.00. The van der Waals surface area contributed by atoms with Crippen LogP contribution in [0.2, 0.25) is 0 Å². The van der Waals surface area contributed by atoms with E-state index in [2.05, 4.69) is 10.1 Å². The van der Waals surface area contributed by atoms with Crippen LogP contribution in [0.4, 0.5) is 0 Å². The normalized spacial score (nSPS) is 21.4. The van der Waals surface area contributed by atoms with Crippen LogP contribution in [0.5, 0.6) is 0 Å². The number of nitrogens with zero attached hydrogens (tertiary/aromatic N) is 4. The van der Waals surface area contributed by atoms with E-state index in [1.54, 1.807) is 24.5 Å². The third-order valence-electron chi connectivity index (χ3n) is 4.30. The van der Waals surface area contributed by atoms with Crippen molar-refractivity contribution < 1.29 is 9.21 Å². The fourth-order valence-corrected chi connectivity index (χ4v) is 3.14. The van der Waals surface area contributed by atoms with Gasteiger partial charge in [-0.25, -0.2) is 4.79 Å². The molecule has 2 atom stereocenters. The molecule has 0 unspecified atom stereocenters. The number of aromatic nitrogens is 3. The number of piperidine rings is 1. The molecule has 1 saturated heterocycles. The average molecular weight is 316 g/mol. The maximum absolute atomic E-state index is 12.6. The van der Waals surface area contributed by atoms with Gasteiger partial charge < -0.3 is 9.32 Å². The van der Waals surface area contributed by atoms with E-state index in [1.165, 1.54) is 0 Å². The van der Waals surface area contributed by atoms with Gasteiger partial charge in [0.15, 0.2) is 0 Å². The van der Waals surface area contributed by atoms with Crippen LogP contribution in [0.1, 0.15) is 33.1 Å². The third-order valence-corrected chi connectivity index (χ3v) is 4.30. The average Bonchev–Trinajstić information content (AvgIpc) is 2.89. The standard InChI is InChI=1S/C16H20N4O3/c1-11-4-3-5-12(2)20(11)14(21)10-19-16(22)23-15(18-19)13-6-8-17-9-7-13/h6-9,11-12H,3-5,10H2,1-2H3/t11-,12-/m1/s1. The van der Waals surface area contributed by atoms with E-state index >= 15 is 0 Å². The quantitative estimate of drug-likeness (QED) is 0.860. The summed E-state index contributed by atoms with van der Waals surface area (Å²) < 4.78 is 6.23. The molecule has 122 valence electrons. The van der Waals surface area contributed by atoms with Gasteiger partial charge in [0, 0.05) is 30.0 Å². The smallest absolute Gasteiger partial charge is 0.388 e. The first kappa shape index (κ1) is 15.5. The summed E-state index contributed by atoms with van der Waals surface area (Å²) in [4.78, 5) is 30.3. The molecule has 3 heterocycles. The number of carbonyl (C=O) groups is 1. The van der Waals surface area contributed by atoms with Crippen LogP contribution in [0, 0.1) is 0 Å². The first-order valence-electron chi connectivity index (χ1n) is 7.86. The van der Waals surface area contributed by atoms with E-state index in [1.807, 2.05) is 18.7 Å². The Morgan fingerprint density at radius 1 is 1.26 bits per heavy atom. The van der Waals surface area contributed by atoms with Gasteiger partial charge in [-0.1, -0.05) is 0 Å². The molecule has 0 radical (unpaired) electrons. The van der Waals surface area contributed by atoms with Gasteiger partial charge in [-0.15, -0.1) is 5.10 Å². The minimum atomic E-state index is -0.623. The van der Waals surface area contributed by atoms with Gasteiger partial charge in [-0.3, -0.25) is 9.78 Å². The number of pyridine rings is 1. The minimum Gasteiger partial charge on any atom is -0.388 e. The highest BCUT2D eigenvalue weighted by Crippen LogP contribution is 2.22. The van der Waals surface area contributed by atoms with Gasteiger partial charge in [0.25, 0.3) is 0 Å². The van der Waals surface area contributed by atoms with Crippen LogP contribution in [0.15, 0.2) is 33.7 Å². The predicted molar refractivity (Wildman–Crippen MR) is 83.6 cm³/mol. The number of likely N-dealkylation sites (tertiary alicyclic amines) is 1. The molecule has 2 aromatic rings. The molecule has 0 saturated carbocycles. The molecular weight excluding hydrogens is 296 g/mol. The molecule has 1 amide bonds. The highest BCUT2D eigenvalue weighted by atomic mass is 16.4. The zero-order valence-corrected chi connectivity index (χ0v) is 13.3. The summed E-state index contributed by atoms with van der Waals surface area (Å²) in [6, 6.07) is 3.78. The van der Waals surface area contributed by atoms with E-state index < -0.39 is 5.76 Å². The second-order valence-corrected chi connectivity index (χ2v) is 6.00. The van der Waals surface area contributed by atoms with Crippen molar-refractivity contribution in [2.45, 2.75) is 51.7 Å². The molecule has 0 aliphatic carbocycles. The van der Waals surface area contributed by atoms with Crippen molar-refractivity contribution >= 4 is 5.91 Å². The van der Waals surface area contributed by atoms with Gasteiger partial charge in [-0.05, 0) is 45.2 Å². The molecule has 0 N–H and O–H groups in total. The van der Waals surface area contributed by atoms with Crippen molar-refractivity contribution in [2.75, 3.05) is 0 Å². The zero-order valence-electron chi connectivity index (χ0n) is 13.3. The summed E-state index contributed by atoms with van der Waals surface area (Å²) in [6.45, 7) is 3.99. The van der Waals surface area contributed by atoms with Gasteiger partial charge in [0.05, 0.1) is 0 Å². The first-order chi connectivity index (χ1) is 11.1. The zero-order chi connectivity index (χ0) is 16.4. The molecule has 3 rings (SSSR count). The number of hydrogen-bond acceptors (Lipinski definition) is 5. The number of rotatable bonds is 3. The van der Waals surface area contributed by atoms with Crippen molar-refractivity contribution in [3.05, 3.63) is 35.1 Å². The van der Waals surface area contributed by atoms with Crippen molar-refractivity contribution in [3.63, 3.8) is 0 Å². The molecule has 7 heteroatoms. The van der Waals surface area contributed by atoms with Gasteiger partial charge in [0.1, 0.15) is 6.54 Å². The van der Waals surface area contributed by atoms with Gasteiger partial charge >= 0.3 is 5.76 Å². The Morgan fingerprint density at radius 3 is 2.57 bits per heavy atom. The van der Waals surface area contributed by atoms with Crippen LogP contribution >= 0.6 is 0 Å². The van der Waals surface area contributed by atoms with E-state index in [9.17, 15) is 9.59 Å². The Hall–Kier alpha value is -2.44. The van der Waals surface area contributed by atoms with Crippen molar-refractivity contribution in [1.82, 2.24) is 19.7 Å². The van der Waals surface area contributed by atoms with Crippen LogP contribution in [-0.2, 0) is 11.3 Å². The van der Waals surface area contributed by atoms with Crippen molar-refractivity contribution in [1.29, 1.82) is 0 Å². The molecule has 1 aliphatic heterocycles. The lowest BCUT2D eigenvalue weighted by Gasteiger charge is -2.38. The van der Waals surface area contributed by atoms with Crippen LogP contribution < -0.4 is 5.76 Å². The molecule has 7 nitrogen and oxygen atoms in total. The maximum atomic E-state index is 12.6. The third kappa shape index (κ3) is 3.18. The molecule has 23 heavy (non-hydrogen) atoms. The summed E-state index contributed by atoms with van der Waals surface area (Å²) in [7, 11) is 0. The van der Waals surface area contributed by atoms with Crippen molar-refractivity contribution in [2.24, 2.45) is 0 Å². The summed E-state index contributed by atoms with van der Waals surface area (Å²) in [5, 5.41) is 4.13. The highest BCUT2D eigenvalue weighted by molar-refractivity contribution is 5.76. The Bertz CT molecular complexity index is 727.